The zero-order valence-electron chi connectivity index (χ0n) is 8.36. The van der Waals surface area contributed by atoms with E-state index in [1.807, 2.05) is 0 Å². The first-order valence-electron chi connectivity index (χ1n) is 4.53. The largest absolute Gasteiger partial charge is 0.465 e. The Kier molecular flexibility index (Phi) is 5.57. The lowest BCUT2D eigenvalue weighted by Crippen LogP contribution is -2.23. The first kappa shape index (κ1) is 13.3. The Labute approximate surface area is 81.4 Å². The summed E-state index contributed by atoms with van der Waals surface area (Å²) in [6.45, 7) is 1.30. The smallest absolute Gasteiger partial charge is 0.308 e. The van der Waals surface area contributed by atoms with Crippen molar-refractivity contribution < 1.29 is 22.7 Å². The topological polar surface area (TPSA) is 26.3 Å². The lowest BCUT2D eigenvalue weighted by molar-refractivity contribution is -0.150. The van der Waals surface area contributed by atoms with Gasteiger partial charge in [0, 0.05) is 6.42 Å². The molecule has 0 saturated carbocycles. The monoisotopic (exact) mass is 212 g/mol. The molecule has 2 nitrogen and oxygen atoms in total. The molecule has 0 amide bonds. The summed E-state index contributed by atoms with van der Waals surface area (Å²) in [7, 11) is 0. The molecule has 0 aliphatic rings. The Hall–Kier alpha value is -0.740. The van der Waals surface area contributed by atoms with Crippen molar-refractivity contribution in [1.82, 2.24) is 0 Å². The van der Waals surface area contributed by atoms with Crippen LogP contribution in [0, 0.1) is 5.92 Å². The van der Waals surface area contributed by atoms with E-state index >= 15 is 0 Å². The van der Waals surface area contributed by atoms with Crippen LogP contribution in [0.15, 0.2) is 0 Å². The fourth-order valence-corrected chi connectivity index (χ4v) is 0.677. The van der Waals surface area contributed by atoms with Crippen LogP contribution < -0.4 is 0 Å². The highest BCUT2D eigenvalue weighted by atomic mass is 19.3. The van der Waals surface area contributed by atoms with Gasteiger partial charge in [-0.25, -0.2) is 13.2 Å². The van der Waals surface area contributed by atoms with Gasteiger partial charge in [-0.3, -0.25) is 4.79 Å². The minimum absolute atomic E-state index is 0.297. The Morgan fingerprint density at radius 3 is 2.50 bits per heavy atom. The van der Waals surface area contributed by atoms with Crippen molar-refractivity contribution in [3.05, 3.63) is 0 Å². The van der Waals surface area contributed by atoms with Crippen molar-refractivity contribution in [2.45, 2.75) is 32.6 Å². The van der Waals surface area contributed by atoms with Gasteiger partial charge in [0.25, 0.3) is 5.92 Å². The van der Waals surface area contributed by atoms with Crippen LogP contribution in [-0.2, 0) is 9.53 Å². The number of carbonyl (C=O) groups excluding carboxylic acids is 1. The Balaban J connectivity index is 3.69. The summed E-state index contributed by atoms with van der Waals surface area (Å²) in [6, 6.07) is 0. The zero-order chi connectivity index (χ0) is 11.2. The van der Waals surface area contributed by atoms with Crippen LogP contribution in [0.4, 0.5) is 13.2 Å². The molecule has 0 saturated heterocycles. The maximum absolute atomic E-state index is 12.3. The third kappa shape index (κ3) is 5.09. The van der Waals surface area contributed by atoms with Gasteiger partial charge in [0.05, 0.1) is 12.5 Å². The molecule has 0 N–H and O–H groups in total. The first-order valence-corrected chi connectivity index (χ1v) is 4.53. The van der Waals surface area contributed by atoms with Crippen LogP contribution in [0.3, 0.4) is 0 Å². The number of esters is 1. The van der Waals surface area contributed by atoms with Gasteiger partial charge in [0.1, 0.15) is 0 Å². The van der Waals surface area contributed by atoms with Gasteiger partial charge >= 0.3 is 5.97 Å². The van der Waals surface area contributed by atoms with Crippen LogP contribution in [0.25, 0.3) is 0 Å². The van der Waals surface area contributed by atoms with Gasteiger partial charge in [0.15, 0.2) is 6.67 Å². The van der Waals surface area contributed by atoms with Crippen LogP contribution in [0.1, 0.15) is 26.7 Å². The molecule has 5 heteroatoms. The van der Waals surface area contributed by atoms with Gasteiger partial charge in [-0.15, -0.1) is 0 Å². The molecule has 1 unspecified atom stereocenters. The van der Waals surface area contributed by atoms with E-state index in [2.05, 4.69) is 4.74 Å². The minimum Gasteiger partial charge on any atom is -0.465 e. The second kappa shape index (κ2) is 5.88. The first-order chi connectivity index (χ1) is 6.43. The molecule has 14 heavy (non-hydrogen) atoms. The van der Waals surface area contributed by atoms with Gasteiger partial charge in [-0.1, -0.05) is 13.8 Å². The number of rotatable bonds is 6. The van der Waals surface area contributed by atoms with Crippen LogP contribution >= 0.6 is 0 Å². The molecule has 0 spiro atoms. The average molecular weight is 212 g/mol. The lowest BCUT2D eigenvalue weighted by Gasteiger charge is -2.13. The van der Waals surface area contributed by atoms with Crippen molar-refractivity contribution in [3.63, 3.8) is 0 Å². The van der Waals surface area contributed by atoms with Gasteiger partial charge in [0.2, 0.25) is 0 Å². The molecule has 1 atom stereocenters. The van der Waals surface area contributed by atoms with Crippen molar-refractivity contribution in [3.8, 4) is 0 Å². The molecule has 0 aromatic heterocycles. The van der Waals surface area contributed by atoms with Crippen LogP contribution in [0.5, 0.6) is 0 Å². The summed E-state index contributed by atoms with van der Waals surface area (Å²) in [5.74, 6) is -4.19. The molecule has 0 heterocycles. The highest BCUT2D eigenvalue weighted by Crippen LogP contribution is 2.18. The van der Waals surface area contributed by atoms with Crippen molar-refractivity contribution in [1.29, 1.82) is 0 Å². The second-order valence-electron chi connectivity index (χ2n) is 3.22. The van der Waals surface area contributed by atoms with E-state index in [0.717, 1.165) is 0 Å². The number of halogens is 3. The molecule has 0 rings (SSSR count). The van der Waals surface area contributed by atoms with E-state index in [9.17, 15) is 18.0 Å². The number of alkyl halides is 3. The van der Waals surface area contributed by atoms with Gasteiger partial charge < -0.3 is 4.74 Å². The van der Waals surface area contributed by atoms with E-state index < -0.39 is 31.6 Å². The van der Waals surface area contributed by atoms with Crippen molar-refractivity contribution in [2.75, 3.05) is 13.3 Å². The van der Waals surface area contributed by atoms with E-state index in [4.69, 9.17) is 0 Å². The van der Waals surface area contributed by atoms with Crippen molar-refractivity contribution in [2.24, 2.45) is 5.92 Å². The van der Waals surface area contributed by atoms with E-state index in [1.165, 1.54) is 0 Å². The molecular weight excluding hydrogens is 197 g/mol. The summed E-state index contributed by atoms with van der Waals surface area (Å²) in [4.78, 5) is 11.0. The number of hydrogen-bond acceptors (Lipinski definition) is 2. The molecule has 0 aliphatic heterocycles. The molecule has 0 aromatic rings. The van der Waals surface area contributed by atoms with Gasteiger partial charge in [-0.05, 0) is 6.42 Å². The fraction of sp³-hybridized carbons (Fsp3) is 0.889. The zero-order valence-corrected chi connectivity index (χ0v) is 8.36. The Bertz CT molecular complexity index is 183. The Morgan fingerprint density at radius 2 is 2.07 bits per heavy atom. The molecule has 0 aromatic carbocycles. The molecule has 0 radical (unpaired) electrons. The third-order valence-electron chi connectivity index (χ3n) is 1.92. The van der Waals surface area contributed by atoms with Crippen LogP contribution in [-0.4, -0.2) is 25.2 Å². The van der Waals surface area contributed by atoms with Gasteiger partial charge in [-0.2, -0.15) is 0 Å². The maximum atomic E-state index is 12.3. The standard InChI is InChI=1S/C9H15F3O2/c1-3-7(2)8(13)14-5-4-9(11,12)6-10/h7H,3-6H2,1-2H3. The highest BCUT2D eigenvalue weighted by molar-refractivity contribution is 5.71. The van der Waals surface area contributed by atoms with E-state index in [0.29, 0.717) is 6.42 Å². The molecule has 0 bridgehead atoms. The summed E-state index contributed by atoms with van der Waals surface area (Å²) in [5, 5.41) is 0. The summed E-state index contributed by atoms with van der Waals surface area (Å²) < 4.78 is 40.8. The Morgan fingerprint density at radius 1 is 1.50 bits per heavy atom. The molecular formula is C9H15F3O2. The third-order valence-corrected chi connectivity index (χ3v) is 1.92. The predicted octanol–water partition coefficient (Wildman–Crippen LogP) is 2.57. The van der Waals surface area contributed by atoms with E-state index in [1.54, 1.807) is 13.8 Å². The molecule has 0 fully saturated rings. The van der Waals surface area contributed by atoms with Crippen LogP contribution in [0.2, 0.25) is 0 Å². The normalized spacial score (nSPS) is 13.8. The average Bonchev–Trinajstić information content (AvgIpc) is 2.16. The predicted molar refractivity (Wildman–Crippen MR) is 46.0 cm³/mol. The fourth-order valence-electron chi connectivity index (χ4n) is 0.677. The van der Waals surface area contributed by atoms with E-state index in [-0.39, 0.29) is 5.92 Å². The number of ether oxygens (including phenoxy) is 1. The van der Waals surface area contributed by atoms with Crippen molar-refractivity contribution >= 4 is 5.97 Å². The second-order valence-corrected chi connectivity index (χ2v) is 3.22. The summed E-state index contributed by atoms with van der Waals surface area (Å²) in [5.41, 5.74) is 0. The SMILES string of the molecule is CCC(C)C(=O)OCCC(F)(F)CF. The summed E-state index contributed by atoms with van der Waals surface area (Å²) in [6.07, 6.45) is -0.163. The minimum atomic E-state index is -3.38. The summed E-state index contributed by atoms with van der Waals surface area (Å²) >= 11 is 0. The maximum Gasteiger partial charge on any atom is 0.308 e. The molecule has 84 valence electrons. The highest BCUT2D eigenvalue weighted by Gasteiger charge is 2.29. The number of hydrogen-bond donors (Lipinski definition) is 0. The quantitative estimate of drug-likeness (QED) is 0.632. The molecule has 0 aliphatic carbocycles. The lowest BCUT2D eigenvalue weighted by atomic mass is 10.1. The number of carbonyl (C=O) groups is 1.